The number of phenolic OH excluding ortho intramolecular Hbond substituents is 2. The van der Waals surface area contributed by atoms with E-state index in [1.807, 2.05) is 0 Å². The molecule has 3 aliphatic heterocycles. The highest BCUT2D eigenvalue weighted by atomic mass is 35.5. The molecule has 4 aliphatic rings. The number of phenols is 2. The Kier molecular flexibility index (Phi) is 8.18. The van der Waals surface area contributed by atoms with E-state index in [0.717, 1.165) is 38.3 Å². The normalized spacial score (nSPS) is 27.0. The Morgan fingerprint density at radius 1 is 1.16 bits per heavy atom. The van der Waals surface area contributed by atoms with Crippen molar-refractivity contribution in [3.8, 4) is 11.5 Å². The predicted molar refractivity (Wildman–Crippen MR) is 169 cm³/mol. The first-order valence-electron chi connectivity index (χ1n) is 14.4. The maximum atomic E-state index is 14.2. The first-order valence-corrected chi connectivity index (χ1v) is 16.6. The molecule has 4 heterocycles. The number of hydrogen-bond donors (Lipinski definition) is 7. The van der Waals surface area contributed by atoms with E-state index in [-0.39, 0.29) is 42.2 Å². The van der Waals surface area contributed by atoms with Crippen molar-refractivity contribution in [3.63, 3.8) is 0 Å². The maximum absolute atomic E-state index is 14.2. The number of thioether (sulfide) groups is 1. The lowest BCUT2D eigenvalue weighted by Crippen LogP contribution is -2.76. The van der Waals surface area contributed by atoms with Gasteiger partial charge in [-0.2, -0.15) is 0 Å². The number of carboxylic acids is 2. The van der Waals surface area contributed by atoms with Crippen LogP contribution >= 0.6 is 34.7 Å². The standard InChI is InChI=1S/C27H27ClN8O11S2/c1-11-9-34(33-20(41)12-3-4-13(37)19(40)18(12)28)24(46)35(11)27(22(44)45)26(14-10-48-23(29)31-14,36-16(39)7-17(36)49-27)32-15(38)8-30-47-25(21(42)43)5-2-6-25/h3-4,8,10-11,17,37,40H,2,5-7,9H2,1H3,(H2,29,31)(H,32,38)(H,33,41)(H,42,43)(H,44,45)/b30-8-/t11-,17?,26?,27?/m1/s1. The number of carboxylic acid groups (broad SMARTS) is 2. The lowest BCUT2D eigenvalue weighted by atomic mass is 9.80. The molecular weight excluding hydrogens is 712 g/mol. The number of carbonyl (C=O) groups excluding carboxylic acids is 4. The van der Waals surface area contributed by atoms with Gasteiger partial charge in [0, 0.05) is 18.2 Å². The molecule has 0 radical (unpaired) electrons. The SMILES string of the molecule is C[C@@H]1CN(NC(=O)c2ccc(O)c(O)c2Cl)C(=O)N1C1(C(=O)O)SC2CC(=O)N2C1(NC(=O)/C=N\OC1(C(=O)O)CCC1)c1csc(N)n1. The molecule has 4 fully saturated rings. The molecule has 1 aromatic carbocycles. The summed E-state index contributed by atoms with van der Waals surface area (Å²) < 4.78 is 0. The molecule has 1 aliphatic carbocycles. The molecule has 0 spiro atoms. The molecule has 19 nitrogen and oxygen atoms in total. The van der Waals surface area contributed by atoms with E-state index in [1.165, 1.54) is 12.3 Å². The summed E-state index contributed by atoms with van der Waals surface area (Å²) in [6, 6.07) is 0.0353. The molecule has 22 heteroatoms. The molecular formula is C27H27ClN8O11S2. The summed E-state index contributed by atoms with van der Waals surface area (Å²) in [4.78, 5) is 88.3. The van der Waals surface area contributed by atoms with Crippen LogP contribution in [0.4, 0.5) is 9.93 Å². The monoisotopic (exact) mass is 738 g/mol. The Balaban J connectivity index is 1.40. The van der Waals surface area contributed by atoms with Crippen LogP contribution in [0.3, 0.4) is 0 Å². The van der Waals surface area contributed by atoms with Crippen molar-refractivity contribution in [2.75, 3.05) is 12.3 Å². The van der Waals surface area contributed by atoms with Gasteiger partial charge in [-0.25, -0.2) is 24.4 Å². The number of oxime groups is 1. The van der Waals surface area contributed by atoms with Gasteiger partial charge >= 0.3 is 18.0 Å². The minimum atomic E-state index is -2.55. The third-order valence-electron chi connectivity index (χ3n) is 8.74. The smallest absolute Gasteiger partial charge is 0.350 e. The van der Waals surface area contributed by atoms with Crippen molar-refractivity contribution < 1.29 is 54.0 Å². The second kappa shape index (κ2) is 11.8. The Morgan fingerprint density at radius 2 is 1.88 bits per heavy atom. The fourth-order valence-corrected chi connectivity index (χ4v) is 9.00. The number of aliphatic carboxylic acids is 2. The van der Waals surface area contributed by atoms with Gasteiger partial charge < -0.3 is 36.3 Å². The second-order valence-electron chi connectivity index (χ2n) is 11.6. The summed E-state index contributed by atoms with van der Waals surface area (Å²) >= 11 is 7.60. The lowest BCUT2D eigenvalue weighted by molar-refractivity contribution is -0.179. The van der Waals surface area contributed by atoms with E-state index >= 15 is 0 Å². The fourth-order valence-electron chi connectivity index (χ4n) is 6.25. The van der Waals surface area contributed by atoms with Gasteiger partial charge in [0.1, 0.15) is 11.9 Å². The van der Waals surface area contributed by atoms with Crippen molar-refractivity contribution in [1.29, 1.82) is 0 Å². The maximum Gasteiger partial charge on any atom is 0.350 e. The lowest BCUT2D eigenvalue weighted by Gasteiger charge is -2.51. The number of rotatable bonds is 10. The summed E-state index contributed by atoms with van der Waals surface area (Å²) in [5.41, 5.74) is 3.71. The zero-order valence-corrected chi connectivity index (χ0v) is 27.5. The number of fused-ring (bicyclic) bond motifs is 1. The number of nitrogens with one attached hydrogen (secondary N) is 2. The van der Waals surface area contributed by atoms with Crippen molar-refractivity contribution in [3.05, 3.63) is 33.8 Å². The topological polar surface area (TPSA) is 278 Å². The molecule has 49 heavy (non-hydrogen) atoms. The Morgan fingerprint density at radius 3 is 2.45 bits per heavy atom. The quantitative estimate of drug-likeness (QED) is 0.0762. The van der Waals surface area contributed by atoms with Crippen LogP contribution in [0.15, 0.2) is 22.7 Å². The molecule has 3 unspecified atom stereocenters. The van der Waals surface area contributed by atoms with Gasteiger partial charge in [-0.15, -0.1) is 11.3 Å². The molecule has 1 saturated carbocycles. The number of halogens is 1. The van der Waals surface area contributed by atoms with Crippen molar-refractivity contribution >= 4 is 81.7 Å². The number of benzene rings is 1. The Bertz CT molecular complexity index is 1840. The highest BCUT2D eigenvalue weighted by Crippen LogP contribution is 2.62. The van der Waals surface area contributed by atoms with E-state index in [2.05, 4.69) is 20.9 Å². The van der Waals surface area contributed by atoms with E-state index in [9.17, 15) is 49.2 Å². The van der Waals surface area contributed by atoms with E-state index < -0.39 is 79.8 Å². The molecule has 3 saturated heterocycles. The fraction of sp³-hybridized carbons (Fsp3) is 0.407. The number of nitrogens with zero attached hydrogens (tertiary/aromatic N) is 5. The van der Waals surface area contributed by atoms with Crippen LogP contribution in [0.25, 0.3) is 0 Å². The van der Waals surface area contributed by atoms with Gasteiger partial charge in [0.25, 0.3) is 11.8 Å². The average Bonchev–Trinajstić information content (AvgIpc) is 3.63. The van der Waals surface area contributed by atoms with Crippen molar-refractivity contribution in [1.82, 2.24) is 30.5 Å². The number of aromatic hydroxyl groups is 2. The van der Waals surface area contributed by atoms with Crippen molar-refractivity contribution in [2.45, 2.75) is 60.2 Å². The van der Waals surface area contributed by atoms with Gasteiger partial charge in [0.05, 0.1) is 35.0 Å². The molecule has 2 aromatic rings. The van der Waals surface area contributed by atoms with Crippen molar-refractivity contribution in [2.24, 2.45) is 5.16 Å². The number of nitrogen functional groups attached to an aromatic ring is 1. The molecule has 8 N–H and O–H groups in total. The van der Waals surface area contributed by atoms with Gasteiger partial charge in [-0.1, -0.05) is 28.5 Å². The number of anilines is 1. The minimum absolute atomic E-state index is 0.0570. The summed E-state index contributed by atoms with van der Waals surface area (Å²) in [5.74, 6) is -7.02. The zero-order chi connectivity index (χ0) is 35.6. The van der Waals surface area contributed by atoms with Crippen LogP contribution < -0.4 is 16.5 Å². The Hall–Kier alpha value is -5.02. The summed E-state index contributed by atoms with van der Waals surface area (Å²) in [5, 5.41) is 47.1. The first kappa shape index (κ1) is 33.9. The van der Waals surface area contributed by atoms with Crippen LogP contribution in [0.5, 0.6) is 11.5 Å². The van der Waals surface area contributed by atoms with E-state index in [0.29, 0.717) is 24.4 Å². The number of hydrazine groups is 1. The van der Waals surface area contributed by atoms with Gasteiger partial charge in [-0.3, -0.25) is 29.6 Å². The summed E-state index contributed by atoms with van der Waals surface area (Å²) in [6.45, 7) is 1.18. The predicted octanol–water partition coefficient (Wildman–Crippen LogP) is 0.626. The number of nitrogens with two attached hydrogens (primary N) is 1. The second-order valence-corrected chi connectivity index (χ2v) is 14.2. The molecule has 260 valence electrons. The van der Waals surface area contributed by atoms with Crippen LogP contribution in [-0.2, 0) is 29.7 Å². The van der Waals surface area contributed by atoms with Crippen LogP contribution in [0.2, 0.25) is 5.02 Å². The number of β-lactam (4-membered cyclic amide) rings is 1. The third kappa shape index (κ3) is 4.93. The third-order valence-corrected chi connectivity index (χ3v) is 11.5. The molecule has 4 atom stereocenters. The number of hydrogen-bond acceptors (Lipinski definition) is 14. The summed E-state index contributed by atoms with van der Waals surface area (Å²) in [7, 11) is 0. The molecule has 5 amide bonds. The van der Waals surface area contributed by atoms with E-state index in [4.69, 9.17) is 22.2 Å². The Labute approximate surface area is 288 Å². The largest absolute Gasteiger partial charge is 0.504 e. The molecule has 6 rings (SSSR count). The number of urea groups is 1. The van der Waals surface area contributed by atoms with Gasteiger partial charge in [-0.05, 0) is 25.5 Å². The van der Waals surface area contributed by atoms with Gasteiger partial charge in [0.2, 0.25) is 22.0 Å². The average molecular weight is 739 g/mol. The number of aromatic nitrogens is 1. The number of carbonyl (C=O) groups is 6. The number of thiazole rings is 1. The van der Waals surface area contributed by atoms with Crippen LogP contribution in [0, 0.1) is 0 Å². The first-order chi connectivity index (χ1) is 23.1. The van der Waals surface area contributed by atoms with Crippen LogP contribution in [-0.4, -0.2) is 111 Å². The van der Waals surface area contributed by atoms with Crippen LogP contribution in [0.1, 0.15) is 48.7 Å². The molecule has 0 bridgehead atoms. The highest BCUT2D eigenvalue weighted by Gasteiger charge is 2.79. The number of amides is 5. The minimum Gasteiger partial charge on any atom is -0.504 e. The van der Waals surface area contributed by atoms with E-state index in [1.54, 1.807) is 0 Å². The summed E-state index contributed by atoms with van der Waals surface area (Å²) in [6.07, 6.45) is 1.29. The van der Waals surface area contributed by atoms with Gasteiger partial charge in [0.15, 0.2) is 16.6 Å². The molecule has 1 aromatic heterocycles. The highest BCUT2D eigenvalue weighted by molar-refractivity contribution is 8.02. The zero-order valence-electron chi connectivity index (χ0n) is 25.2.